The molecule has 114 valence electrons. The van der Waals surface area contributed by atoms with Crippen molar-refractivity contribution in [3.05, 3.63) is 22.7 Å². The van der Waals surface area contributed by atoms with Crippen LogP contribution in [-0.2, 0) is 6.54 Å². The fraction of sp³-hybridized carbons (Fsp3) is 0.750. The van der Waals surface area contributed by atoms with Gasteiger partial charge in [-0.25, -0.2) is 4.79 Å². The molecule has 0 amide bonds. The largest absolute Gasteiger partial charge is 0.383 e. The van der Waals surface area contributed by atoms with Gasteiger partial charge in [0, 0.05) is 12.7 Å². The van der Waals surface area contributed by atoms with Crippen molar-refractivity contribution in [2.24, 2.45) is 10.8 Å². The third-order valence-corrected chi connectivity index (χ3v) is 4.61. The van der Waals surface area contributed by atoms with Crippen LogP contribution in [0.1, 0.15) is 60.3 Å². The van der Waals surface area contributed by atoms with Crippen LogP contribution in [0.4, 0.5) is 5.82 Å². The summed E-state index contributed by atoms with van der Waals surface area (Å²) >= 11 is 0. The number of nitrogens with two attached hydrogens (primary N) is 1. The zero-order valence-corrected chi connectivity index (χ0v) is 13.6. The highest BCUT2D eigenvalue weighted by Gasteiger charge is 2.26. The van der Waals surface area contributed by atoms with E-state index in [9.17, 15) is 4.79 Å². The Balaban J connectivity index is 2.72. The number of hydrogen-bond acceptors (Lipinski definition) is 3. The van der Waals surface area contributed by atoms with E-state index in [1.54, 1.807) is 16.8 Å². The van der Waals surface area contributed by atoms with Crippen molar-refractivity contribution < 1.29 is 0 Å². The van der Waals surface area contributed by atoms with Crippen molar-refractivity contribution in [2.75, 3.05) is 5.73 Å². The molecule has 0 unspecified atom stereocenters. The van der Waals surface area contributed by atoms with Gasteiger partial charge in [-0.2, -0.15) is 4.98 Å². The van der Waals surface area contributed by atoms with Crippen LogP contribution >= 0.6 is 0 Å². The van der Waals surface area contributed by atoms with E-state index in [1.807, 2.05) is 0 Å². The number of aromatic nitrogens is 2. The van der Waals surface area contributed by atoms with Gasteiger partial charge < -0.3 is 5.73 Å². The predicted molar refractivity (Wildman–Crippen MR) is 84.6 cm³/mol. The molecule has 0 aliphatic carbocycles. The molecular formula is C16H29N3O. The van der Waals surface area contributed by atoms with Crippen molar-refractivity contribution in [3.63, 3.8) is 0 Å². The van der Waals surface area contributed by atoms with Crippen LogP contribution in [0.5, 0.6) is 0 Å². The summed E-state index contributed by atoms with van der Waals surface area (Å²) in [5.41, 5.74) is 5.74. The Morgan fingerprint density at radius 2 is 1.80 bits per heavy atom. The van der Waals surface area contributed by atoms with Gasteiger partial charge >= 0.3 is 5.69 Å². The van der Waals surface area contributed by atoms with E-state index in [2.05, 4.69) is 39.6 Å². The van der Waals surface area contributed by atoms with Crippen LogP contribution in [0.3, 0.4) is 0 Å². The lowest BCUT2D eigenvalue weighted by Crippen LogP contribution is -2.31. The maximum Gasteiger partial charge on any atom is 0.349 e. The molecule has 0 radical (unpaired) electrons. The Hall–Kier alpha value is -1.32. The van der Waals surface area contributed by atoms with Crippen LogP contribution in [0.15, 0.2) is 17.1 Å². The third kappa shape index (κ3) is 4.66. The molecule has 0 aromatic carbocycles. The molecule has 4 nitrogen and oxygen atoms in total. The number of hydrogen-bond donors (Lipinski definition) is 1. The van der Waals surface area contributed by atoms with Crippen LogP contribution in [0, 0.1) is 10.8 Å². The van der Waals surface area contributed by atoms with E-state index in [4.69, 9.17) is 5.73 Å². The van der Waals surface area contributed by atoms with Crippen molar-refractivity contribution in [2.45, 2.75) is 66.8 Å². The zero-order chi connectivity index (χ0) is 15.4. The Morgan fingerprint density at radius 3 is 2.30 bits per heavy atom. The van der Waals surface area contributed by atoms with Crippen molar-refractivity contribution >= 4 is 5.82 Å². The maximum atomic E-state index is 11.8. The monoisotopic (exact) mass is 279 g/mol. The molecule has 1 heterocycles. The summed E-state index contributed by atoms with van der Waals surface area (Å²) in [6.07, 6.45) is 6.42. The van der Waals surface area contributed by atoms with E-state index in [1.165, 1.54) is 19.3 Å². The second kappa shape index (κ2) is 6.42. The van der Waals surface area contributed by atoms with E-state index in [-0.39, 0.29) is 16.9 Å². The number of anilines is 1. The zero-order valence-electron chi connectivity index (χ0n) is 13.6. The van der Waals surface area contributed by atoms with Crippen molar-refractivity contribution in [1.29, 1.82) is 0 Å². The van der Waals surface area contributed by atoms with Crippen LogP contribution < -0.4 is 11.4 Å². The molecule has 0 aliphatic heterocycles. The van der Waals surface area contributed by atoms with E-state index < -0.39 is 0 Å². The van der Waals surface area contributed by atoms with Gasteiger partial charge in [0.25, 0.3) is 0 Å². The van der Waals surface area contributed by atoms with E-state index >= 15 is 0 Å². The first kappa shape index (κ1) is 16.7. The SMILES string of the molecule is CCC(C)(CC)CCC(C)(C)Cn1ccc(N)nc1=O. The number of nitrogens with zero attached hydrogens (tertiary/aromatic N) is 2. The molecular weight excluding hydrogens is 250 g/mol. The molecule has 0 aliphatic rings. The molecule has 0 fully saturated rings. The van der Waals surface area contributed by atoms with Crippen LogP contribution in [0.25, 0.3) is 0 Å². The summed E-state index contributed by atoms with van der Waals surface area (Å²) in [5.74, 6) is 0.286. The Bertz CT molecular complexity index is 487. The maximum absolute atomic E-state index is 11.8. The van der Waals surface area contributed by atoms with Gasteiger partial charge in [-0.05, 0) is 29.7 Å². The topological polar surface area (TPSA) is 60.9 Å². The van der Waals surface area contributed by atoms with Gasteiger partial charge in [-0.1, -0.05) is 47.5 Å². The van der Waals surface area contributed by atoms with E-state index in [0.29, 0.717) is 12.0 Å². The average molecular weight is 279 g/mol. The minimum Gasteiger partial charge on any atom is -0.383 e. The lowest BCUT2D eigenvalue weighted by atomic mass is 9.75. The van der Waals surface area contributed by atoms with Crippen LogP contribution in [0.2, 0.25) is 0 Å². The summed E-state index contributed by atoms with van der Waals surface area (Å²) < 4.78 is 1.66. The first-order chi connectivity index (χ1) is 9.21. The summed E-state index contributed by atoms with van der Waals surface area (Å²) in [6, 6.07) is 1.68. The highest BCUT2D eigenvalue weighted by molar-refractivity contribution is 5.23. The first-order valence-corrected chi connectivity index (χ1v) is 7.54. The quantitative estimate of drug-likeness (QED) is 0.831. The Labute approximate surface area is 122 Å². The van der Waals surface area contributed by atoms with Gasteiger partial charge in [0.2, 0.25) is 0 Å². The molecule has 0 bridgehead atoms. The summed E-state index contributed by atoms with van der Waals surface area (Å²) in [5, 5.41) is 0. The van der Waals surface area contributed by atoms with Crippen LogP contribution in [-0.4, -0.2) is 9.55 Å². The number of rotatable bonds is 7. The molecule has 0 atom stereocenters. The second-order valence-electron chi connectivity index (χ2n) is 6.94. The van der Waals surface area contributed by atoms with E-state index in [0.717, 1.165) is 6.42 Å². The highest BCUT2D eigenvalue weighted by atomic mass is 16.1. The normalized spacial score (nSPS) is 12.7. The summed E-state index contributed by atoms with van der Waals surface area (Å²) in [4.78, 5) is 15.6. The molecule has 4 heteroatoms. The minimum absolute atomic E-state index is 0.0766. The molecule has 0 spiro atoms. The fourth-order valence-electron chi connectivity index (χ4n) is 2.35. The molecule has 1 aromatic rings. The average Bonchev–Trinajstić information content (AvgIpc) is 2.39. The Kier molecular flexibility index (Phi) is 5.37. The molecule has 2 N–H and O–H groups in total. The summed E-state index contributed by atoms with van der Waals surface area (Å²) in [7, 11) is 0. The second-order valence-corrected chi connectivity index (χ2v) is 6.94. The van der Waals surface area contributed by atoms with Gasteiger partial charge in [0.05, 0.1) is 0 Å². The van der Waals surface area contributed by atoms with Gasteiger partial charge in [0.1, 0.15) is 5.82 Å². The summed E-state index contributed by atoms with van der Waals surface area (Å²) in [6.45, 7) is 12.0. The highest BCUT2D eigenvalue weighted by Crippen LogP contribution is 2.36. The fourth-order valence-corrected chi connectivity index (χ4v) is 2.35. The van der Waals surface area contributed by atoms with Gasteiger partial charge in [0.15, 0.2) is 0 Å². The molecule has 1 aromatic heterocycles. The number of nitrogen functional groups attached to an aromatic ring is 1. The van der Waals surface area contributed by atoms with Crippen molar-refractivity contribution in [3.8, 4) is 0 Å². The third-order valence-electron chi connectivity index (χ3n) is 4.61. The smallest absolute Gasteiger partial charge is 0.349 e. The molecule has 20 heavy (non-hydrogen) atoms. The Morgan fingerprint density at radius 1 is 1.20 bits per heavy atom. The molecule has 1 rings (SSSR count). The molecule has 0 saturated heterocycles. The lowest BCUT2D eigenvalue weighted by Gasteiger charge is -2.32. The molecule has 0 saturated carbocycles. The van der Waals surface area contributed by atoms with Gasteiger partial charge in [-0.3, -0.25) is 4.57 Å². The first-order valence-electron chi connectivity index (χ1n) is 7.54. The predicted octanol–water partition coefficient (Wildman–Crippen LogP) is 3.46. The standard InChI is InChI=1S/C16H29N3O/c1-6-16(5,7-2)10-9-15(3,4)12-19-11-8-13(17)18-14(19)20/h8,11H,6-7,9-10,12H2,1-5H3,(H2,17,18,20). The lowest BCUT2D eigenvalue weighted by molar-refractivity contribution is 0.189. The van der Waals surface area contributed by atoms with Crippen molar-refractivity contribution in [1.82, 2.24) is 9.55 Å². The van der Waals surface area contributed by atoms with Gasteiger partial charge in [-0.15, -0.1) is 0 Å². The minimum atomic E-state index is -0.258.